The first kappa shape index (κ1) is 30.0. The number of para-hydroxylation sites is 4. The molecule has 2 atom stereocenters. The molecule has 0 N–H and O–H groups in total. The maximum absolute atomic E-state index is 2.86. The second-order valence-corrected chi connectivity index (χ2v) is 17.2. The average molecular weight is 684 g/mol. The molecule has 7 aromatic rings. The maximum Gasteiger partial charge on any atom is 0.252 e. The molecule has 0 saturated heterocycles. The predicted octanol–water partition coefficient (Wildman–Crippen LogP) is 10.3. The van der Waals surface area contributed by atoms with Gasteiger partial charge in [0.1, 0.15) is 0 Å². The molecule has 1 fully saturated rings. The van der Waals surface area contributed by atoms with Gasteiger partial charge in [0.05, 0.1) is 16.9 Å². The highest BCUT2D eigenvalue weighted by atomic mass is 15.3. The van der Waals surface area contributed by atoms with E-state index in [2.05, 4.69) is 176 Å². The predicted molar refractivity (Wildman–Crippen MR) is 223 cm³/mol. The zero-order chi connectivity index (χ0) is 35.4. The minimum absolute atomic E-state index is 0.0368. The average Bonchev–Trinajstić information content (AvgIpc) is 3.74. The normalized spacial score (nSPS) is 21.9. The van der Waals surface area contributed by atoms with Gasteiger partial charge in [-0.2, -0.15) is 0 Å². The van der Waals surface area contributed by atoms with Crippen molar-refractivity contribution in [1.29, 1.82) is 0 Å². The first-order valence-electron chi connectivity index (χ1n) is 19.6. The fourth-order valence-electron chi connectivity index (χ4n) is 12.0. The number of anilines is 5. The summed E-state index contributed by atoms with van der Waals surface area (Å²) in [6.45, 7) is 10.2. The highest BCUT2D eigenvalue weighted by molar-refractivity contribution is 7.00. The first-order chi connectivity index (χ1) is 25.8. The minimum atomic E-state index is -0.116. The second-order valence-electron chi connectivity index (χ2n) is 17.2. The quantitative estimate of drug-likeness (QED) is 0.172. The summed E-state index contributed by atoms with van der Waals surface area (Å²) >= 11 is 0. The van der Waals surface area contributed by atoms with Crippen molar-refractivity contribution in [3.63, 3.8) is 0 Å². The van der Waals surface area contributed by atoms with Crippen LogP contribution in [0.15, 0.2) is 133 Å². The number of fused-ring (bicyclic) bond motifs is 12. The molecule has 4 heteroatoms. The molecule has 0 radical (unpaired) electrons. The van der Waals surface area contributed by atoms with Crippen molar-refractivity contribution in [2.24, 2.45) is 0 Å². The number of hydrogen-bond acceptors (Lipinski definition) is 2. The summed E-state index contributed by atoms with van der Waals surface area (Å²) in [6.07, 6.45) is 4.95. The number of benzene rings is 6. The van der Waals surface area contributed by atoms with Crippen molar-refractivity contribution in [3.05, 3.63) is 150 Å². The maximum atomic E-state index is 2.86. The van der Waals surface area contributed by atoms with Crippen LogP contribution in [-0.2, 0) is 10.8 Å². The monoisotopic (exact) mass is 683 g/mol. The van der Waals surface area contributed by atoms with Gasteiger partial charge in [-0.25, -0.2) is 0 Å². The third-order valence-electron chi connectivity index (χ3n) is 14.5. The zero-order valence-electron chi connectivity index (χ0n) is 30.9. The summed E-state index contributed by atoms with van der Waals surface area (Å²) in [5, 5.41) is 1.39. The Morgan fingerprint density at radius 3 is 2.02 bits per heavy atom. The summed E-state index contributed by atoms with van der Waals surface area (Å²) in [7, 11) is 0. The molecule has 1 aromatic heterocycles. The van der Waals surface area contributed by atoms with Crippen LogP contribution in [0.1, 0.15) is 70.1 Å². The molecule has 256 valence electrons. The number of rotatable bonds is 3. The molecular formula is C49H42BN3. The largest absolute Gasteiger partial charge is 0.335 e. The summed E-state index contributed by atoms with van der Waals surface area (Å²) in [6, 6.07) is 50.7. The van der Waals surface area contributed by atoms with Crippen LogP contribution < -0.4 is 26.2 Å². The van der Waals surface area contributed by atoms with Crippen LogP contribution in [0, 0.1) is 0 Å². The molecule has 3 nitrogen and oxygen atoms in total. The van der Waals surface area contributed by atoms with Crippen LogP contribution in [0.2, 0.25) is 0 Å². The van der Waals surface area contributed by atoms with Crippen LogP contribution in [0.25, 0.3) is 27.8 Å². The lowest BCUT2D eigenvalue weighted by Crippen LogP contribution is -2.64. The van der Waals surface area contributed by atoms with Gasteiger partial charge in [-0.05, 0) is 89.2 Å². The number of aromatic nitrogens is 1. The lowest BCUT2D eigenvalue weighted by molar-refractivity contribution is 0.195. The fourth-order valence-corrected chi connectivity index (χ4v) is 12.0. The van der Waals surface area contributed by atoms with E-state index in [-0.39, 0.29) is 23.1 Å². The molecule has 0 amide bonds. The van der Waals surface area contributed by atoms with Crippen LogP contribution in [0.4, 0.5) is 28.4 Å². The number of nitrogens with zero attached hydrogens (tertiary/aromatic N) is 3. The molecule has 12 rings (SSSR count). The van der Waals surface area contributed by atoms with E-state index in [0.29, 0.717) is 0 Å². The van der Waals surface area contributed by atoms with Crippen LogP contribution in [0.5, 0.6) is 0 Å². The van der Waals surface area contributed by atoms with Crippen LogP contribution in [0.3, 0.4) is 0 Å². The van der Waals surface area contributed by atoms with Crippen LogP contribution in [-0.4, -0.2) is 16.8 Å². The van der Waals surface area contributed by atoms with Gasteiger partial charge in [0.25, 0.3) is 6.71 Å². The van der Waals surface area contributed by atoms with Gasteiger partial charge in [-0.3, -0.25) is 0 Å². The summed E-state index contributed by atoms with van der Waals surface area (Å²) < 4.78 is 2.70. The van der Waals surface area contributed by atoms with Crippen molar-refractivity contribution in [3.8, 4) is 16.9 Å². The molecule has 1 saturated carbocycles. The van der Waals surface area contributed by atoms with Gasteiger partial charge in [0, 0.05) is 55.7 Å². The Morgan fingerprint density at radius 1 is 0.604 bits per heavy atom. The van der Waals surface area contributed by atoms with Crippen LogP contribution >= 0.6 is 0 Å². The van der Waals surface area contributed by atoms with E-state index in [1.165, 1.54) is 109 Å². The van der Waals surface area contributed by atoms with Crippen molar-refractivity contribution in [1.82, 2.24) is 4.57 Å². The van der Waals surface area contributed by atoms with E-state index in [0.717, 1.165) is 0 Å². The molecule has 0 bridgehead atoms. The molecule has 3 aliphatic heterocycles. The van der Waals surface area contributed by atoms with Crippen molar-refractivity contribution in [2.45, 2.75) is 69.7 Å². The van der Waals surface area contributed by atoms with Gasteiger partial charge in [-0.1, -0.05) is 131 Å². The highest BCUT2D eigenvalue weighted by Crippen LogP contribution is 2.62. The highest BCUT2D eigenvalue weighted by Gasteiger charge is 2.61. The molecular weight excluding hydrogens is 641 g/mol. The standard InChI is InChI=1S/C49H42BN3/c1-47(2)36-23-12-11-21-34(36)45-42(47)35-22-15-25-38-44(35)52(45)40-29-33(51(31-17-7-5-8-18-31)32-19-9-6-10-20-32)30-41-43(40)50(38)39-26-16-24-37-46(39)53(41)49(4)28-14-13-27-48(37,49)3/h5-12,15-26,29-30H,13-14,27-28H2,1-4H3. The Bertz CT molecular complexity index is 2670. The smallest absolute Gasteiger partial charge is 0.252 e. The lowest BCUT2D eigenvalue weighted by atomic mass is 9.33. The molecule has 2 aliphatic carbocycles. The van der Waals surface area contributed by atoms with E-state index < -0.39 is 0 Å². The molecule has 53 heavy (non-hydrogen) atoms. The molecule has 6 aromatic carbocycles. The Balaban J connectivity index is 1.27. The third kappa shape index (κ3) is 3.45. The Labute approximate surface area is 312 Å². The summed E-state index contributed by atoms with van der Waals surface area (Å²) in [5.74, 6) is 0. The van der Waals surface area contributed by atoms with Crippen molar-refractivity contribution in [2.75, 3.05) is 9.80 Å². The van der Waals surface area contributed by atoms with E-state index in [1.807, 2.05) is 0 Å². The van der Waals surface area contributed by atoms with Crippen molar-refractivity contribution < 1.29 is 0 Å². The van der Waals surface area contributed by atoms with E-state index in [9.17, 15) is 0 Å². The topological polar surface area (TPSA) is 11.4 Å². The third-order valence-corrected chi connectivity index (χ3v) is 14.5. The molecule has 4 heterocycles. The molecule has 2 unspecified atom stereocenters. The van der Waals surface area contributed by atoms with Gasteiger partial charge in [-0.15, -0.1) is 0 Å². The van der Waals surface area contributed by atoms with E-state index >= 15 is 0 Å². The molecule has 0 spiro atoms. The Morgan fingerprint density at radius 2 is 1.25 bits per heavy atom. The Kier molecular flexibility index (Phi) is 5.63. The second kappa shape index (κ2) is 9.93. The van der Waals surface area contributed by atoms with E-state index in [1.54, 1.807) is 5.56 Å². The minimum Gasteiger partial charge on any atom is -0.335 e. The Hall–Kier alpha value is -5.48. The van der Waals surface area contributed by atoms with Gasteiger partial charge >= 0.3 is 0 Å². The van der Waals surface area contributed by atoms with Gasteiger partial charge < -0.3 is 14.4 Å². The zero-order valence-corrected chi connectivity index (χ0v) is 30.9. The lowest BCUT2D eigenvalue weighted by Gasteiger charge is -2.52. The van der Waals surface area contributed by atoms with E-state index in [4.69, 9.17) is 0 Å². The van der Waals surface area contributed by atoms with Crippen molar-refractivity contribution >= 4 is 62.4 Å². The van der Waals surface area contributed by atoms with Gasteiger partial charge in [0.2, 0.25) is 0 Å². The SMILES string of the molecule is CC1(C)c2ccccc2-c2c1c1cccc3c1n2-c1cc(N(c2ccccc2)c2ccccc2)cc2c1B3c1cccc3c1N2C1(C)CCCCC31C. The van der Waals surface area contributed by atoms with Gasteiger partial charge in [0.15, 0.2) is 0 Å². The molecule has 5 aliphatic rings. The fraction of sp³-hybridized carbons (Fsp3) is 0.224. The number of hydrogen-bond donors (Lipinski definition) is 0. The summed E-state index contributed by atoms with van der Waals surface area (Å²) in [5.41, 5.74) is 20.5. The first-order valence-corrected chi connectivity index (χ1v) is 19.6. The summed E-state index contributed by atoms with van der Waals surface area (Å²) in [4.78, 5) is 5.33.